The van der Waals surface area contributed by atoms with Gasteiger partial charge in [0, 0.05) is 17.5 Å². The molecule has 19 heavy (non-hydrogen) atoms. The third-order valence-electron chi connectivity index (χ3n) is 3.50. The molecule has 2 nitrogen and oxygen atoms in total. The van der Waals surface area contributed by atoms with Crippen LogP contribution in [-0.4, -0.2) is 19.2 Å². The van der Waals surface area contributed by atoms with Crippen molar-refractivity contribution in [3.63, 3.8) is 0 Å². The third kappa shape index (κ3) is 4.27. The fourth-order valence-corrected chi connectivity index (χ4v) is 2.98. The summed E-state index contributed by atoms with van der Waals surface area (Å²) in [4.78, 5) is 0. The fraction of sp³-hybridized carbons (Fsp3) is 0.600. The first-order chi connectivity index (χ1) is 9.06. The highest BCUT2D eigenvalue weighted by Gasteiger charge is 2.27. The summed E-state index contributed by atoms with van der Waals surface area (Å²) in [6.45, 7) is 6.56. The predicted molar refractivity (Wildman–Crippen MR) is 81.3 cm³/mol. The molecule has 4 heteroatoms. The van der Waals surface area contributed by atoms with Crippen molar-refractivity contribution in [2.75, 3.05) is 13.1 Å². The zero-order valence-electron chi connectivity index (χ0n) is 11.5. The normalized spacial score (nSPS) is 20.8. The molecule has 0 saturated carbocycles. The van der Waals surface area contributed by atoms with E-state index in [0.717, 1.165) is 25.3 Å². The summed E-state index contributed by atoms with van der Waals surface area (Å²) in [6, 6.07) is 5.42. The summed E-state index contributed by atoms with van der Waals surface area (Å²) in [5.74, 6) is 1.91. The number of hydrogen-bond acceptors (Lipinski definition) is 2. The second kappa shape index (κ2) is 6.83. The number of rotatable bonds is 5. The molecule has 1 heterocycles. The Morgan fingerprint density at radius 3 is 2.74 bits per heavy atom. The summed E-state index contributed by atoms with van der Waals surface area (Å²) in [6.07, 6.45) is 2.43. The van der Waals surface area contributed by atoms with E-state index in [2.05, 4.69) is 19.2 Å². The molecule has 0 spiro atoms. The van der Waals surface area contributed by atoms with Crippen molar-refractivity contribution in [1.29, 1.82) is 0 Å². The first-order valence-electron chi connectivity index (χ1n) is 6.88. The van der Waals surface area contributed by atoms with E-state index in [1.165, 1.54) is 6.42 Å². The van der Waals surface area contributed by atoms with Crippen molar-refractivity contribution in [3.8, 4) is 5.75 Å². The van der Waals surface area contributed by atoms with Gasteiger partial charge in [0.15, 0.2) is 0 Å². The second-order valence-electron chi connectivity index (χ2n) is 5.61. The van der Waals surface area contributed by atoms with Gasteiger partial charge in [0.2, 0.25) is 0 Å². The first-order valence-corrected chi connectivity index (χ1v) is 7.64. The lowest BCUT2D eigenvalue weighted by Gasteiger charge is -2.26. The van der Waals surface area contributed by atoms with Crippen LogP contribution in [0.1, 0.15) is 26.7 Å². The second-order valence-corrected chi connectivity index (χ2v) is 6.46. The average molecular weight is 302 g/mol. The van der Waals surface area contributed by atoms with Gasteiger partial charge < -0.3 is 10.1 Å². The lowest BCUT2D eigenvalue weighted by atomic mass is 9.93. The van der Waals surface area contributed by atoms with Gasteiger partial charge in [-0.15, -0.1) is 0 Å². The molecule has 0 radical (unpaired) electrons. The summed E-state index contributed by atoms with van der Waals surface area (Å²) in [5.41, 5.74) is 0. The maximum Gasteiger partial charge on any atom is 0.138 e. The summed E-state index contributed by atoms with van der Waals surface area (Å²) < 4.78 is 6.16. The van der Waals surface area contributed by atoms with Gasteiger partial charge in [-0.1, -0.05) is 37.0 Å². The molecule has 0 bridgehead atoms. The maximum atomic E-state index is 6.19. The maximum absolute atomic E-state index is 6.19. The molecule has 1 aromatic carbocycles. The number of hydrogen-bond donors (Lipinski definition) is 1. The Balaban J connectivity index is 2.09. The van der Waals surface area contributed by atoms with E-state index < -0.39 is 0 Å². The highest BCUT2D eigenvalue weighted by Crippen LogP contribution is 2.31. The van der Waals surface area contributed by atoms with Crippen LogP contribution >= 0.6 is 23.2 Å². The third-order valence-corrected chi connectivity index (χ3v) is 4.03. The van der Waals surface area contributed by atoms with Gasteiger partial charge in [0.05, 0.1) is 5.02 Å². The first kappa shape index (κ1) is 15.0. The SMILES string of the molecule is CC(C)C[C@@H](Oc1ccc(Cl)cc1Cl)[C@H]1CCNC1. The van der Waals surface area contributed by atoms with Crippen molar-refractivity contribution in [2.24, 2.45) is 11.8 Å². The molecule has 1 aliphatic rings. The van der Waals surface area contributed by atoms with E-state index in [1.54, 1.807) is 6.07 Å². The minimum atomic E-state index is 0.216. The van der Waals surface area contributed by atoms with Crippen LogP contribution in [-0.2, 0) is 0 Å². The largest absolute Gasteiger partial charge is 0.489 e. The Morgan fingerprint density at radius 2 is 2.16 bits per heavy atom. The average Bonchev–Trinajstić information content (AvgIpc) is 2.84. The number of nitrogens with one attached hydrogen (secondary N) is 1. The van der Waals surface area contributed by atoms with Gasteiger partial charge in [0.25, 0.3) is 0 Å². The lowest BCUT2D eigenvalue weighted by Crippen LogP contribution is -2.30. The molecule has 0 aromatic heterocycles. The predicted octanol–water partition coefficient (Wildman–Crippen LogP) is 4.40. The van der Waals surface area contributed by atoms with Crippen LogP contribution in [0.3, 0.4) is 0 Å². The standard InChI is InChI=1S/C15H21Cl2NO/c1-10(2)7-15(11-5-6-18-9-11)19-14-4-3-12(16)8-13(14)17/h3-4,8,10-11,15,18H,5-7,9H2,1-2H3/t11-,15+/m0/s1. The van der Waals surface area contributed by atoms with Crippen molar-refractivity contribution in [1.82, 2.24) is 5.32 Å². The molecule has 2 atom stereocenters. The van der Waals surface area contributed by atoms with Crippen LogP contribution < -0.4 is 10.1 Å². The van der Waals surface area contributed by atoms with Gasteiger partial charge in [-0.3, -0.25) is 0 Å². The van der Waals surface area contributed by atoms with Gasteiger partial charge in [0.1, 0.15) is 11.9 Å². The number of ether oxygens (including phenoxy) is 1. The number of halogens is 2. The van der Waals surface area contributed by atoms with Crippen LogP contribution in [0.15, 0.2) is 18.2 Å². The van der Waals surface area contributed by atoms with E-state index in [0.29, 0.717) is 21.9 Å². The van der Waals surface area contributed by atoms with Gasteiger partial charge in [-0.2, -0.15) is 0 Å². The Morgan fingerprint density at radius 1 is 1.37 bits per heavy atom. The minimum Gasteiger partial charge on any atom is -0.489 e. The van der Waals surface area contributed by atoms with Crippen molar-refractivity contribution < 1.29 is 4.74 Å². The summed E-state index contributed by atoms with van der Waals surface area (Å²) >= 11 is 12.1. The van der Waals surface area contributed by atoms with Crippen LogP contribution in [0.2, 0.25) is 10.0 Å². The Hall–Kier alpha value is -0.440. The Bertz CT molecular complexity index is 417. The molecule has 1 saturated heterocycles. The van der Waals surface area contributed by atoms with Gasteiger partial charge >= 0.3 is 0 Å². The molecule has 0 aliphatic carbocycles. The quantitative estimate of drug-likeness (QED) is 0.870. The highest BCUT2D eigenvalue weighted by molar-refractivity contribution is 6.35. The molecule has 1 N–H and O–H groups in total. The van der Waals surface area contributed by atoms with Crippen molar-refractivity contribution >= 4 is 23.2 Å². The zero-order valence-corrected chi connectivity index (χ0v) is 13.0. The Labute approximate surface area is 125 Å². The molecule has 2 rings (SSSR count). The van der Waals surface area contributed by atoms with Crippen LogP contribution in [0, 0.1) is 11.8 Å². The molecule has 1 aromatic rings. The van der Waals surface area contributed by atoms with Crippen molar-refractivity contribution in [3.05, 3.63) is 28.2 Å². The van der Waals surface area contributed by atoms with Crippen LogP contribution in [0.5, 0.6) is 5.75 Å². The van der Waals surface area contributed by atoms with Gasteiger partial charge in [-0.05, 0) is 43.5 Å². The topological polar surface area (TPSA) is 21.3 Å². The molecule has 0 amide bonds. The molecular formula is C15H21Cl2NO. The highest BCUT2D eigenvalue weighted by atomic mass is 35.5. The van der Waals surface area contributed by atoms with E-state index in [1.807, 2.05) is 12.1 Å². The monoisotopic (exact) mass is 301 g/mol. The molecule has 106 valence electrons. The molecule has 1 aliphatic heterocycles. The summed E-state index contributed by atoms with van der Waals surface area (Å²) in [5, 5.41) is 4.63. The van der Waals surface area contributed by atoms with E-state index in [-0.39, 0.29) is 6.10 Å². The Kier molecular flexibility index (Phi) is 5.37. The van der Waals surface area contributed by atoms with Crippen LogP contribution in [0.4, 0.5) is 0 Å². The minimum absolute atomic E-state index is 0.216. The van der Waals surface area contributed by atoms with E-state index >= 15 is 0 Å². The molecular weight excluding hydrogens is 281 g/mol. The van der Waals surface area contributed by atoms with Crippen molar-refractivity contribution in [2.45, 2.75) is 32.8 Å². The fourth-order valence-electron chi connectivity index (χ4n) is 2.53. The lowest BCUT2D eigenvalue weighted by molar-refractivity contribution is 0.119. The molecule has 1 fully saturated rings. The molecule has 0 unspecified atom stereocenters. The van der Waals surface area contributed by atoms with Gasteiger partial charge in [-0.25, -0.2) is 0 Å². The van der Waals surface area contributed by atoms with Crippen LogP contribution in [0.25, 0.3) is 0 Å². The summed E-state index contributed by atoms with van der Waals surface area (Å²) in [7, 11) is 0. The van der Waals surface area contributed by atoms with E-state index in [4.69, 9.17) is 27.9 Å². The van der Waals surface area contributed by atoms with E-state index in [9.17, 15) is 0 Å². The number of benzene rings is 1. The smallest absolute Gasteiger partial charge is 0.138 e. The zero-order chi connectivity index (χ0) is 13.8.